The SMILES string of the molecule is CC(C)c1cccc(NC(=O)C2(C)CCCN2)n1. The molecule has 0 saturated carbocycles. The molecule has 1 amide bonds. The predicted molar refractivity (Wildman–Crippen MR) is 72.6 cm³/mol. The van der Waals surface area contributed by atoms with E-state index in [1.807, 2.05) is 25.1 Å². The molecule has 0 radical (unpaired) electrons. The zero-order valence-electron chi connectivity index (χ0n) is 11.3. The van der Waals surface area contributed by atoms with Crippen LogP contribution in [-0.4, -0.2) is 23.0 Å². The van der Waals surface area contributed by atoms with E-state index in [4.69, 9.17) is 0 Å². The molecule has 1 fully saturated rings. The molecule has 2 heterocycles. The van der Waals surface area contributed by atoms with Gasteiger partial charge in [-0.05, 0) is 44.4 Å². The molecule has 18 heavy (non-hydrogen) atoms. The number of nitrogens with zero attached hydrogens (tertiary/aromatic N) is 1. The van der Waals surface area contributed by atoms with Gasteiger partial charge < -0.3 is 10.6 Å². The fourth-order valence-electron chi connectivity index (χ4n) is 2.19. The van der Waals surface area contributed by atoms with Crippen LogP contribution in [0.15, 0.2) is 18.2 Å². The average Bonchev–Trinajstić information content (AvgIpc) is 2.78. The fraction of sp³-hybridized carbons (Fsp3) is 0.571. The summed E-state index contributed by atoms with van der Waals surface area (Å²) in [7, 11) is 0. The minimum Gasteiger partial charge on any atom is -0.309 e. The van der Waals surface area contributed by atoms with Crippen molar-refractivity contribution in [1.29, 1.82) is 0 Å². The average molecular weight is 247 g/mol. The number of aromatic nitrogens is 1. The van der Waals surface area contributed by atoms with E-state index < -0.39 is 5.54 Å². The minimum absolute atomic E-state index is 0.00778. The van der Waals surface area contributed by atoms with Crippen molar-refractivity contribution in [1.82, 2.24) is 10.3 Å². The maximum atomic E-state index is 12.2. The van der Waals surface area contributed by atoms with Crippen molar-refractivity contribution in [3.8, 4) is 0 Å². The number of rotatable bonds is 3. The van der Waals surface area contributed by atoms with Crippen LogP contribution in [0, 0.1) is 0 Å². The molecule has 4 heteroatoms. The molecule has 1 aliphatic rings. The van der Waals surface area contributed by atoms with E-state index in [-0.39, 0.29) is 5.91 Å². The lowest BCUT2D eigenvalue weighted by atomic mass is 9.99. The topological polar surface area (TPSA) is 54.0 Å². The first-order chi connectivity index (χ1) is 8.51. The van der Waals surface area contributed by atoms with Crippen LogP contribution < -0.4 is 10.6 Å². The van der Waals surface area contributed by atoms with Crippen molar-refractivity contribution in [2.75, 3.05) is 11.9 Å². The highest BCUT2D eigenvalue weighted by molar-refractivity contribution is 5.97. The Morgan fingerprint density at radius 2 is 2.28 bits per heavy atom. The highest BCUT2D eigenvalue weighted by Gasteiger charge is 2.35. The van der Waals surface area contributed by atoms with Crippen LogP contribution in [-0.2, 0) is 4.79 Å². The number of nitrogens with one attached hydrogen (secondary N) is 2. The van der Waals surface area contributed by atoms with Gasteiger partial charge in [-0.25, -0.2) is 4.98 Å². The highest BCUT2D eigenvalue weighted by Crippen LogP contribution is 2.21. The number of pyridine rings is 1. The summed E-state index contributed by atoms with van der Waals surface area (Å²) in [4.78, 5) is 16.7. The van der Waals surface area contributed by atoms with Crippen LogP contribution >= 0.6 is 0 Å². The number of carbonyl (C=O) groups excluding carboxylic acids is 1. The lowest BCUT2D eigenvalue weighted by molar-refractivity contribution is -0.121. The van der Waals surface area contributed by atoms with Gasteiger partial charge in [0, 0.05) is 5.69 Å². The van der Waals surface area contributed by atoms with Gasteiger partial charge in [-0.15, -0.1) is 0 Å². The summed E-state index contributed by atoms with van der Waals surface area (Å²) in [6.45, 7) is 7.03. The third-order valence-electron chi connectivity index (χ3n) is 3.47. The van der Waals surface area contributed by atoms with E-state index in [0.717, 1.165) is 25.1 Å². The molecule has 1 unspecified atom stereocenters. The Labute approximate surface area is 108 Å². The fourth-order valence-corrected chi connectivity index (χ4v) is 2.19. The second kappa shape index (κ2) is 5.06. The molecule has 0 aromatic carbocycles. The molecule has 0 spiro atoms. The molecular weight excluding hydrogens is 226 g/mol. The molecule has 1 atom stereocenters. The summed E-state index contributed by atoms with van der Waals surface area (Å²) in [5.41, 5.74) is 0.549. The smallest absolute Gasteiger partial charge is 0.245 e. The maximum Gasteiger partial charge on any atom is 0.245 e. The predicted octanol–water partition coefficient (Wildman–Crippen LogP) is 2.29. The summed E-state index contributed by atoms with van der Waals surface area (Å²) in [6, 6.07) is 5.75. The molecule has 0 bridgehead atoms. The Hall–Kier alpha value is -1.42. The lowest BCUT2D eigenvalue weighted by Gasteiger charge is -2.22. The Morgan fingerprint density at radius 1 is 1.50 bits per heavy atom. The van der Waals surface area contributed by atoms with Crippen molar-refractivity contribution in [3.63, 3.8) is 0 Å². The van der Waals surface area contributed by atoms with Gasteiger partial charge in [-0.3, -0.25) is 4.79 Å². The van der Waals surface area contributed by atoms with Crippen LogP contribution in [0.4, 0.5) is 5.82 Å². The molecule has 2 N–H and O–H groups in total. The van der Waals surface area contributed by atoms with E-state index in [1.165, 1.54) is 0 Å². The van der Waals surface area contributed by atoms with Crippen LogP contribution in [0.25, 0.3) is 0 Å². The number of hydrogen-bond donors (Lipinski definition) is 2. The maximum absolute atomic E-state index is 12.2. The number of hydrogen-bond acceptors (Lipinski definition) is 3. The standard InChI is InChI=1S/C14H21N3O/c1-10(2)11-6-4-7-12(16-11)17-13(18)14(3)8-5-9-15-14/h4,6-7,10,15H,5,8-9H2,1-3H3,(H,16,17,18). The molecule has 4 nitrogen and oxygen atoms in total. The summed E-state index contributed by atoms with van der Waals surface area (Å²) in [5.74, 6) is 1.01. The molecule has 1 aromatic heterocycles. The second-order valence-corrected chi connectivity index (χ2v) is 5.42. The first-order valence-electron chi connectivity index (χ1n) is 6.55. The van der Waals surface area contributed by atoms with E-state index >= 15 is 0 Å². The monoisotopic (exact) mass is 247 g/mol. The zero-order chi connectivity index (χ0) is 13.2. The Kier molecular flexibility index (Phi) is 3.66. The van der Waals surface area contributed by atoms with Gasteiger partial charge in [0.25, 0.3) is 0 Å². The quantitative estimate of drug-likeness (QED) is 0.861. The van der Waals surface area contributed by atoms with Crippen molar-refractivity contribution in [3.05, 3.63) is 23.9 Å². The molecule has 2 rings (SSSR count). The van der Waals surface area contributed by atoms with Crippen LogP contribution in [0.3, 0.4) is 0 Å². The van der Waals surface area contributed by atoms with Crippen molar-refractivity contribution in [2.45, 2.75) is 45.1 Å². The third-order valence-corrected chi connectivity index (χ3v) is 3.47. The van der Waals surface area contributed by atoms with Gasteiger partial charge >= 0.3 is 0 Å². The third kappa shape index (κ3) is 2.70. The Morgan fingerprint density at radius 3 is 2.89 bits per heavy atom. The molecule has 0 aliphatic carbocycles. The van der Waals surface area contributed by atoms with Gasteiger partial charge in [0.1, 0.15) is 5.82 Å². The minimum atomic E-state index is -0.449. The van der Waals surface area contributed by atoms with E-state index in [1.54, 1.807) is 0 Å². The van der Waals surface area contributed by atoms with Gasteiger partial charge in [-0.1, -0.05) is 19.9 Å². The largest absolute Gasteiger partial charge is 0.309 e. The number of carbonyl (C=O) groups is 1. The summed E-state index contributed by atoms with van der Waals surface area (Å²) < 4.78 is 0. The van der Waals surface area contributed by atoms with Crippen molar-refractivity contribution < 1.29 is 4.79 Å². The number of amides is 1. The Bertz CT molecular complexity index is 436. The van der Waals surface area contributed by atoms with Crippen LogP contribution in [0.1, 0.15) is 45.2 Å². The first kappa shape index (κ1) is 13.0. The first-order valence-corrected chi connectivity index (χ1v) is 6.55. The molecule has 1 saturated heterocycles. The van der Waals surface area contributed by atoms with Crippen LogP contribution in [0.2, 0.25) is 0 Å². The normalized spacial score (nSPS) is 23.3. The second-order valence-electron chi connectivity index (χ2n) is 5.42. The number of anilines is 1. The van der Waals surface area contributed by atoms with E-state index in [2.05, 4.69) is 29.5 Å². The molecule has 1 aromatic rings. The molecule has 1 aliphatic heterocycles. The van der Waals surface area contributed by atoms with E-state index in [0.29, 0.717) is 11.7 Å². The summed E-state index contributed by atoms with van der Waals surface area (Å²) in [5, 5.41) is 6.16. The van der Waals surface area contributed by atoms with Gasteiger partial charge in [-0.2, -0.15) is 0 Å². The molecule has 98 valence electrons. The summed E-state index contributed by atoms with van der Waals surface area (Å²) in [6.07, 6.45) is 1.92. The van der Waals surface area contributed by atoms with Crippen molar-refractivity contribution >= 4 is 11.7 Å². The van der Waals surface area contributed by atoms with E-state index in [9.17, 15) is 4.79 Å². The van der Waals surface area contributed by atoms with Crippen LogP contribution in [0.5, 0.6) is 0 Å². The van der Waals surface area contributed by atoms with Gasteiger partial charge in [0.15, 0.2) is 0 Å². The zero-order valence-corrected chi connectivity index (χ0v) is 11.3. The van der Waals surface area contributed by atoms with Gasteiger partial charge in [0.05, 0.1) is 5.54 Å². The Balaban J connectivity index is 2.09. The highest BCUT2D eigenvalue weighted by atomic mass is 16.2. The van der Waals surface area contributed by atoms with Gasteiger partial charge in [0.2, 0.25) is 5.91 Å². The molecular formula is C14H21N3O. The summed E-state index contributed by atoms with van der Waals surface area (Å²) >= 11 is 0. The van der Waals surface area contributed by atoms with Crippen molar-refractivity contribution in [2.24, 2.45) is 0 Å². The lowest BCUT2D eigenvalue weighted by Crippen LogP contribution is -2.48.